The van der Waals surface area contributed by atoms with Gasteiger partial charge in [0.1, 0.15) is 0 Å². The van der Waals surface area contributed by atoms with E-state index < -0.39 is 0 Å². The minimum Gasteiger partial charge on any atom is -0.493 e. The van der Waals surface area contributed by atoms with Crippen molar-refractivity contribution in [2.45, 2.75) is 46.5 Å². The molecule has 0 aliphatic heterocycles. The van der Waals surface area contributed by atoms with Crippen LogP contribution in [0.15, 0.2) is 48.5 Å². The fourth-order valence-electron chi connectivity index (χ4n) is 2.96. The fourth-order valence-corrected chi connectivity index (χ4v) is 2.96. The third-order valence-corrected chi connectivity index (χ3v) is 4.94. The number of hydrogen-bond acceptors (Lipinski definition) is 5. The average molecular weight is 454 g/mol. The number of esters is 1. The Labute approximate surface area is 196 Å². The number of unbranched alkanes of at least 4 members (excludes halogenated alkanes) is 2. The first-order chi connectivity index (χ1) is 15.9. The molecule has 0 aliphatic rings. The van der Waals surface area contributed by atoms with Gasteiger partial charge in [-0.2, -0.15) is 0 Å². The molecule has 0 unspecified atom stereocenters. The van der Waals surface area contributed by atoms with E-state index >= 15 is 0 Å². The van der Waals surface area contributed by atoms with E-state index in [1.165, 1.54) is 6.08 Å². The van der Waals surface area contributed by atoms with Gasteiger partial charge in [-0.3, -0.25) is 4.79 Å². The van der Waals surface area contributed by atoms with Gasteiger partial charge in [0.15, 0.2) is 11.5 Å². The van der Waals surface area contributed by atoms with Gasteiger partial charge in [0.25, 0.3) is 0 Å². The lowest BCUT2D eigenvalue weighted by molar-refractivity contribution is -0.111. The zero-order valence-corrected chi connectivity index (χ0v) is 20.1. The molecule has 0 atom stereocenters. The van der Waals surface area contributed by atoms with Crippen molar-refractivity contribution in [2.75, 3.05) is 25.6 Å². The summed E-state index contributed by atoms with van der Waals surface area (Å²) in [5.74, 6) is 1.25. The number of carbonyl (C=O) groups is 2. The summed E-state index contributed by atoms with van der Waals surface area (Å²) < 4.78 is 16.5. The molecule has 6 nitrogen and oxygen atoms in total. The standard InChI is InChI=1S/C27H35NO5/c1-5-6-7-17-33-27(30)22-10-12-23(13-11-22)28-26(29)15-9-21-8-14-24(25(19-21)31-4)32-18-16-20(2)3/h8-15,19-20H,5-7,16-18H2,1-4H3,(H,28,29)/b15-9+. The molecule has 2 aromatic carbocycles. The van der Waals surface area contributed by atoms with Gasteiger partial charge >= 0.3 is 5.97 Å². The van der Waals surface area contributed by atoms with E-state index in [1.54, 1.807) is 37.5 Å². The molecule has 0 aliphatic carbocycles. The summed E-state index contributed by atoms with van der Waals surface area (Å²) in [5.41, 5.74) is 1.88. The molecule has 2 rings (SSSR count). The smallest absolute Gasteiger partial charge is 0.338 e. The van der Waals surface area contributed by atoms with E-state index in [-0.39, 0.29) is 11.9 Å². The SMILES string of the molecule is CCCCCOC(=O)c1ccc(NC(=O)/C=C/c2ccc(OCCC(C)C)c(OC)c2)cc1. The molecule has 0 bridgehead atoms. The maximum absolute atomic E-state index is 12.3. The molecule has 0 fully saturated rings. The van der Waals surface area contributed by atoms with Crippen LogP contribution in [0.4, 0.5) is 5.69 Å². The van der Waals surface area contributed by atoms with Crippen LogP contribution in [0.1, 0.15) is 62.4 Å². The van der Waals surface area contributed by atoms with Crippen molar-refractivity contribution in [3.05, 3.63) is 59.7 Å². The van der Waals surface area contributed by atoms with Crippen LogP contribution in [0.5, 0.6) is 11.5 Å². The first-order valence-corrected chi connectivity index (χ1v) is 11.5. The lowest BCUT2D eigenvalue weighted by atomic mass is 10.1. The van der Waals surface area contributed by atoms with Crippen molar-refractivity contribution < 1.29 is 23.8 Å². The third-order valence-electron chi connectivity index (χ3n) is 4.94. The Morgan fingerprint density at radius 1 is 1.00 bits per heavy atom. The molecule has 0 saturated heterocycles. The summed E-state index contributed by atoms with van der Waals surface area (Å²) in [5, 5.41) is 2.78. The maximum atomic E-state index is 12.3. The quantitative estimate of drug-likeness (QED) is 0.225. The molecule has 178 valence electrons. The zero-order valence-electron chi connectivity index (χ0n) is 20.1. The van der Waals surface area contributed by atoms with Crippen molar-refractivity contribution in [3.8, 4) is 11.5 Å². The molecule has 6 heteroatoms. The number of nitrogens with one attached hydrogen (secondary N) is 1. The second-order valence-electron chi connectivity index (χ2n) is 8.18. The van der Waals surface area contributed by atoms with Crippen LogP contribution < -0.4 is 14.8 Å². The average Bonchev–Trinajstić information content (AvgIpc) is 2.81. The summed E-state index contributed by atoms with van der Waals surface area (Å²) >= 11 is 0. The summed E-state index contributed by atoms with van der Waals surface area (Å²) in [6.07, 6.45) is 7.09. The second-order valence-corrected chi connectivity index (χ2v) is 8.18. The molecule has 0 saturated carbocycles. The highest BCUT2D eigenvalue weighted by Crippen LogP contribution is 2.29. The monoisotopic (exact) mass is 453 g/mol. The number of rotatable bonds is 13. The van der Waals surface area contributed by atoms with Gasteiger partial charge in [0.2, 0.25) is 5.91 Å². The predicted molar refractivity (Wildman–Crippen MR) is 132 cm³/mol. The second kappa shape index (κ2) is 14.0. The van der Waals surface area contributed by atoms with Crippen LogP contribution in [0.2, 0.25) is 0 Å². The van der Waals surface area contributed by atoms with E-state index in [0.29, 0.717) is 41.9 Å². The van der Waals surface area contributed by atoms with Crippen molar-refractivity contribution in [1.29, 1.82) is 0 Å². The van der Waals surface area contributed by atoms with Gasteiger partial charge < -0.3 is 19.5 Å². The highest BCUT2D eigenvalue weighted by atomic mass is 16.5. The largest absolute Gasteiger partial charge is 0.493 e. The van der Waals surface area contributed by atoms with Crippen molar-refractivity contribution in [3.63, 3.8) is 0 Å². The predicted octanol–water partition coefficient (Wildman–Crippen LogP) is 6.12. The molecular formula is C27H35NO5. The molecule has 0 spiro atoms. The number of ether oxygens (including phenoxy) is 3. The van der Waals surface area contributed by atoms with Crippen molar-refractivity contribution in [1.82, 2.24) is 0 Å². The van der Waals surface area contributed by atoms with Crippen LogP contribution in [-0.4, -0.2) is 32.2 Å². The molecule has 1 amide bonds. The van der Waals surface area contributed by atoms with Gasteiger partial charge in [-0.25, -0.2) is 4.79 Å². The van der Waals surface area contributed by atoms with Crippen LogP contribution in [0.3, 0.4) is 0 Å². The molecule has 0 aromatic heterocycles. The Morgan fingerprint density at radius 2 is 1.76 bits per heavy atom. The number of anilines is 1. The number of carbonyl (C=O) groups excluding carboxylic acids is 2. The van der Waals surface area contributed by atoms with Gasteiger partial charge in [-0.05, 0) is 66.8 Å². The number of hydrogen-bond donors (Lipinski definition) is 1. The molecule has 33 heavy (non-hydrogen) atoms. The van der Waals surface area contributed by atoms with Crippen LogP contribution in [0, 0.1) is 5.92 Å². The Kier molecular flexibility index (Phi) is 11.0. The summed E-state index contributed by atoms with van der Waals surface area (Å²) in [6.45, 7) is 7.45. The summed E-state index contributed by atoms with van der Waals surface area (Å²) in [4.78, 5) is 24.3. The van der Waals surface area contributed by atoms with Crippen molar-refractivity contribution in [2.24, 2.45) is 5.92 Å². The van der Waals surface area contributed by atoms with Gasteiger partial charge in [-0.1, -0.05) is 39.7 Å². The molecule has 2 aromatic rings. The Bertz CT molecular complexity index is 919. The molecule has 0 radical (unpaired) electrons. The van der Waals surface area contributed by atoms with E-state index in [0.717, 1.165) is 31.2 Å². The number of amides is 1. The van der Waals surface area contributed by atoms with Gasteiger partial charge in [-0.15, -0.1) is 0 Å². The third kappa shape index (κ3) is 9.39. The summed E-state index contributed by atoms with van der Waals surface area (Å²) in [7, 11) is 1.59. The first-order valence-electron chi connectivity index (χ1n) is 11.5. The van der Waals surface area contributed by atoms with E-state index in [4.69, 9.17) is 14.2 Å². The van der Waals surface area contributed by atoms with Gasteiger partial charge in [0, 0.05) is 11.8 Å². The molecular weight excluding hydrogens is 418 g/mol. The molecule has 0 heterocycles. The minimum absolute atomic E-state index is 0.277. The Balaban J connectivity index is 1.89. The van der Waals surface area contributed by atoms with E-state index in [1.807, 2.05) is 18.2 Å². The maximum Gasteiger partial charge on any atom is 0.338 e. The van der Waals surface area contributed by atoms with E-state index in [2.05, 4.69) is 26.1 Å². The highest BCUT2D eigenvalue weighted by molar-refractivity contribution is 6.02. The van der Waals surface area contributed by atoms with Crippen molar-refractivity contribution >= 4 is 23.6 Å². The lowest BCUT2D eigenvalue weighted by Crippen LogP contribution is -2.09. The fraction of sp³-hybridized carbons (Fsp3) is 0.407. The van der Waals surface area contributed by atoms with E-state index in [9.17, 15) is 9.59 Å². The number of benzene rings is 2. The van der Waals surface area contributed by atoms with Gasteiger partial charge in [0.05, 0.1) is 25.9 Å². The van der Waals surface area contributed by atoms with Crippen LogP contribution in [-0.2, 0) is 9.53 Å². The number of methoxy groups -OCH3 is 1. The first kappa shape index (κ1) is 26.0. The normalized spacial score (nSPS) is 10.9. The summed E-state index contributed by atoms with van der Waals surface area (Å²) in [6, 6.07) is 12.2. The topological polar surface area (TPSA) is 73.9 Å². The van der Waals surface area contributed by atoms with Crippen LogP contribution in [0.25, 0.3) is 6.08 Å². The Morgan fingerprint density at radius 3 is 2.42 bits per heavy atom. The zero-order chi connectivity index (χ0) is 24.1. The molecule has 1 N–H and O–H groups in total. The highest BCUT2D eigenvalue weighted by Gasteiger charge is 2.08. The van der Waals surface area contributed by atoms with Crippen LogP contribution >= 0.6 is 0 Å². The Hall–Kier alpha value is -3.28. The minimum atomic E-state index is -0.352. The lowest BCUT2D eigenvalue weighted by Gasteiger charge is -2.12.